The number of hydrogen-bond donors (Lipinski definition) is 0. The summed E-state index contributed by atoms with van der Waals surface area (Å²) in [5, 5.41) is 0. The lowest BCUT2D eigenvalue weighted by atomic mass is 9.91. The average Bonchev–Trinajstić information content (AvgIpc) is 2.65. The first-order valence-corrected chi connectivity index (χ1v) is 5.87. The summed E-state index contributed by atoms with van der Waals surface area (Å²) in [4.78, 5) is 11.4. The molecule has 1 saturated carbocycles. The highest BCUT2D eigenvalue weighted by Crippen LogP contribution is 2.35. The fraction of sp³-hybridized carbons (Fsp3) is 0.917. The Hall–Kier alpha value is -0.530. The van der Waals surface area contributed by atoms with Crippen LogP contribution in [0.5, 0.6) is 0 Å². The lowest BCUT2D eigenvalue weighted by Crippen LogP contribution is -2.20. The molecule has 2 nitrogen and oxygen atoms in total. The molecule has 0 aromatic rings. The number of carbonyl (C=O) groups excluding carboxylic acids is 1. The van der Waals surface area contributed by atoms with Crippen molar-refractivity contribution in [2.24, 2.45) is 11.8 Å². The molecule has 1 aliphatic rings. The molecular formula is C12H22O2. The molecule has 0 aromatic carbocycles. The zero-order valence-electron chi connectivity index (χ0n) is 9.42. The molecule has 1 rings (SSSR count). The monoisotopic (exact) mass is 198 g/mol. The van der Waals surface area contributed by atoms with Gasteiger partial charge in [-0.05, 0) is 25.2 Å². The molecule has 2 atom stereocenters. The van der Waals surface area contributed by atoms with E-state index in [9.17, 15) is 4.79 Å². The average molecular weight is 198 g/mol. The first-order valence-electron chi connectivity index (χ1n) is 5.87. The minimum atomic E-state index is 0.0176. The second-order valence-electron chi connectivity index (χ2n) is 4.32. The zero-order chi connectivity index (χ0) is 10.4. The van der Waals surface area contributed by atoms with Crippen LogP contribution in [0.4, 0.5) is 0 Å². The van der Waals surface area contributed by atoms with E-state index in [1.54, 1.807) is 0 Å². The predicted octanol–water partition coefficient (Wildman–Crippen LogP) is 3.16. The number of rotatable bonds is 5. The van der Waals surface area contributed by atoms with Crippen molar-refractivity contribution >= 4 is 5.97 Å². The quantitative estimate of drug-likeness (QED) is 0.501. The van der Waals surface area contributed by atoms with Gasteiger partial charge in [-0.15, -0.1) is 0 Å². The van der Waals surface area contributed by atoms with Gasteiger partial charge in [0.25, 0.3) is 0 Å². The van der Waals surface area contributed by atoms with Gasteiger partial charge in [0.15, 0.2) is 0 Å². The Morgan fingerprint density at radius 3 is 2.79 bits per heavy atom. The second kappa shape index (κ2) is 6.05. The Bertz CT molecular complexity index is 177. The van der Waals surface area contributed by atoms with Crippen LogP contribution in [0, 0.1) is 11.8 Å². The second-order valence-corrected chi connectivity index (χ2v) is 4.32. The van der Waals surface area contributed by atoms with Crippen molar-refractivity contribution in [1.29, 1.82) is 0 Å². The Balaban J connectivity index is 2.31. The highest BCUT2D eigenvalue weighted by Gasteiger charge is 2.32. The van der Waals surface area contributed by atoms with E-state index in [2.05, 4.69) is 6.92 Å². The Morgan fingerprint density at radius 1 is 1.36 bits per heavy atom. The fourth-order valence-corrected chi connectivity index (χ4v) is 2.50. The van der Waals surface area contributed by atoms with Crippen LogP contribution in [0.1, 0.15) is 51.9 Å². The van der Waals surface area contributed by atoms with Gasteiger partial charge in [0.1, 0.15) is 0 Å². The summed E-state index contributed by atoms with van der Waals surface area (Å²) in [6.07, 6.45) is 8.52. The molecule has 82 valence electrons. The van der Waals surface area contributed by atoms with E-state index in [4.69, 9.17) is 4.74 Å². The first kappa shape index (κ1) is 11.5. The molecule has 1 fully saturated rings. The molecule has 0 amide bonds. The van der Waals surface area contributed by atoms with E-state index >= 15 is 0 Å². The van der Waals surface area contributed by atoms with Crippen molar-refractivity contribution in [2.75, 3.05) is 7.11 Å². The van der Waals surface area contributed by atoms with Crippen molar-refractivity contribution in [3.8, 4) is 0 Å². The van der Waals surface area contributed by atoms with E-state index in [-0.39, 0.29) is 11.9 Å². The van der Waals surface area contributed by atoms with Gasteiger partial charge in [0.05, 0.1) is 13.0 Å². The van der Waals surface area contributed by atoms with Crippen LogP contribution in [0.3, 0.4) is 0 Å². The third-order valence-electron chi connectivity index (χ3n) is 3.34. The van der Waals surface area contributed by atoms with Gasteiger partial charge in [-0.1, -0.05) is 32.6 Å². The standard InChI is InChI=1S/C12H22O2/c1-3-4-5-7-10-8-6-9-11(10)12(13)14-2/h10-11H,3-9H2,1-2H3/t10-,11-/m1/s1. The van der Waals surface area contributed by atoms with Crippen molar-refractivity contribution in [3.63, 3.8) is 0 Å². The maximum atomic E-state index is 11.4. The van der Waals surface area contributed by atoms with Gasteiger partial charge in [0.2, 0.25) is 0 Å². The summed E-state index contributed by atoms with van der Waals surface area (Å²) < 4.78 is 4.83. The third-order valence-corrected chi connectivity index (χ3v) is 3.34. The number of carbonyl (C=O) groups is 1. The number of unbranched alkanes of at least 4 members (excludes halogenated alkanes) is 2. The molecule has 0 saturated heterocycles. The third kappa shape index (κ3) is 3.00. The lowest BCUT2D eigenvalue weighted by molar-refractivity contribution is -0.146. The smallest absolute Gasteiger partial charge is 0.308 e. The van der Waals surface area contributed by atoms with Crippen LogP contribution < -0.4 is 0 Å². The highest BCUT2D eigenvalue weighted by atomic mass is 16.5. The molecule has 0 bridgehead atoms. The van der Waals surface area contributed by atoms with Crippen LogP contribution >= 0.6 is 0 Å². The summed E-state index contributed by atoms with van der Waals surface area (Å²) in [7, 11) is 1.50. The maximum absolute atomic E-state index is 11.4. The van der Waals surface area contributed by atoms with Gasteiger partial charge in [-0.2, -0.15) is 0 Å². The van der Waals surface area contributed by atoms with Crippen LogP contribution in [0.25, 0.3) is 0 Å². The van der Waals surface area contributed by atoms with Crippen LogP contribution in [0.15, 0.2) is 0 Å². The minimum Gasteiger partial charge on any atom is -0.469 e. The number of hydrogen-bond acceptors (Lipinski definition) is 2. The van der Waals surface area contributed by atoms with E-state index in [0.717, 1.165) is 6.42 Å². The van der Waals surface area contributed by atoms with E-state index in [1.807, 2.05) is 0 Å². The largest absolute Gasteiger partial charge is 0.469 e. The van der Waals surface area contributed by atoms with Crippen molar-refractivity contribution in [3.05, 3.63) is 0 Å². The molecule has 0 aromatic heterocycles. The SMILES string of the molecule is CCCCC[C@@H]1CCC[C@H]1C(=O)OC. The molecule has 2 heteroatoms. The van der Waals surface area contributed by atoms with Crippen molar-refractivity contribution in [1.82, 2.24) is 0 Å². The number of methoxy groups -OCH3 is 1. The summed E-state index contributed by atoms with van der Waals surface area (Å²) in [5.74, 6) is 0.829. The van der Waals surface area contributed by atoms with Crippen molar-refractivity contribution < 1.29 is 9.53 Å². The molecule has 0 heterocycles. The summed E-state index contributed by atoms with van der Waals surface area (Å²) in [5.41, 5.74) is 0. The van der Waals surface area contributed by atoms with Crippen LogP contribution in [-0.4, -0.2) is 13.1 Å². The molecule has 14 heavy (non-hydrogen) atoms. The Morgan fingerprint density at radius 2 is 2.14 bits per heavy atom. The van der Waals surface area contributed by atoms with Crippen LogP contribution in [0.2, 0.25) is 0 Å². The van der Waals surface area contributed by atoms with E-state index < -0.39 is 0 Å². The fourth-order valence-electron chi connectivity index (χ4n) is 2.50. The predicted molar refractivity (Wildman–Crippen MR) is 57.0 cm³/mol. The van der Waals surface area contributed by atoms with Gasteiger partial charge >= 0.3 is 5.97 Å². The van der Waals surface area contributed by atoms with Gasteiger partial charge in [-0.25, -0.2) is 0 Å². The van der Waals surface area contributed by atoms with Gasteiger partial charge in [-0.3, -0.25) is 4.79 Å². The van der Waals surface area contributed by atoms with Crippen LogP contribution in [-0.2, 0) is 9.53 Å². The lowest BCUT2D eigenvalue weighted by Gasteiger charge is -2.16. The van der Waals surface area contributed by atoms with Gasteiger partial charge in [0, 0.05) is 0 Å². The molecule has 1 aliphatic carbocycles. The van der Waals surface area contributed by atoms with E-state index in [1.165, 1.54) is 45.6 Å². The first-order chi connectivity index (χ1) is 6.79. The Labute approximate surface area is 87.0 Å². The van der Waals surface area contributed by atoms with Crippen molar-refractivity contribution in [2.45, 2.75) is 51.9 Å². The maximum Gasteiger partial charge on any atom is 0.308 e. The Kier molecular flexibility index (Phi) is 4.99. The molecular weight excluding hydrogens is 176 g/mol. The molecule has 0 radical (unpaired) electrons. The normalized spacial score (nSPS) is 26.4. The van der Waals surface area contributed by atoms with E-state index in [0.29, 0.717) is 5.92 Å². The number of ether oxygens (including phenoxy) is 1. The summed E-state index contributed by atoms with van der Waals surface area (Å²) in [6, 6.07) is 0. The summed E-state index contributed by atoms with van der Waals surface area (Å²) >= 11 is 0. The topological polar surface area (TPSA) is 26.3 Å². The summed E-state index contributed by atoms with van der Waals surface area (Å²) in [6.45, 7) is 2.21. The minimum absolute atomic E-state index is 0.0176. The van der Waals surface area contributed by atoms with Gasteiger partial charge < -0.3 is 4.74 Å². The molecule has 0 unspecified atom stereocenters. The molecule has 0 aliphatic heterocycles. The highest BCUT2D eigenvalue weighted by molar-refractivity contribution is 5.72. The zero-order valence-corrected chi connectivity index (χ0v) is 9.42. The number of esters is 1. The molecule has 0 spiro atoms. The molecule has 0 N–H and O–H groups in total.